The lowest BCUT2D eigenvalue weighted by Gasteiger charge is -2.27. The Morgan fingerprint density at radius 1 is 1.30 bits per heavy atom. The van der Waals surface area contributed by atoms with Crippen molar-refractivity contribution in [2.45, 2.75) is 18.4 Å². The second-order valence-electron chi connectivity index (χ2n) is 4.82. The number of ether oxygens (including phenoxy) is 1. The highest BCUT2D eigenvalue weighted by Gasteiger charge is 2.22. The number of nitrogens with zero attached hydrogens (tertiary/aromatic N) is 1. The van der Waals surface area contributed by atoms with E-state index in [-0.39, 0.29) is 0 Å². The van der Waals surface area contributed by atoms with Crippen molar-refractivity contribution in [3.05, 3.63) is 29.3 Å². The molecule has 0 radical (unpaired) electrons. The summed E-state index contributed by atoms with van der Waals surface area (Å²) in [4.78, 5) is 2.96. The number of hydrazine groups is 1. The van der Waals surface area contributed by atoms with Crippen molar-refractivity contribution < 1.29 is 13.2 Å². The molecule has 2 N–H and O–H groups in total. The first kappa shape index (κ1) is 15.4. The van der Waals surface area contributed by atoms with E-state index in [1.54, 1.807) is 18.0 Å². The van der Waals surface area contributed by atoms with Crippen molar-refractivity contribution in [1.82, 2.24) is 15.2 Å². The molecular formula is C13H21N3O3S. The molecule has 0 unspecified atom stereocenters. The van der Waals surface area contributed by atoms with Crippen LogP contribution in [0, 0.1) is 6.92 Å². The topological polar surface area (TPSA) is 70.7 Å². The fourth-order valence-corrected chi connectivity index (χ4v) is 3.54. The Hall–Kier alpha value is -0.990. The SMILES string of the molecule is CNCc1ccc(C)c(S(=O)(=O)NN2CCOCC2)c1. The summed E-state index contributed by atoms with van der Waals surface area (Å²) in [5, 5.41) is 4.70. The van der Waals surface area contributed by atoms with E-state index >= 15 is 0 Å². The minimum absolute atomic E-state index is 0.330. The number of morpholine rings is 1. The van der Waals surface area contributed by atoms with Gasteiger partial charge in [0.2, 0.25) is 0 Å². The van der Waals surface area contributed by atoms with E-state index in [0.29, 0.717) is 37.7 Å². The molecule has 0 saturated carbocycles. The van der Waals surface area contributed by atoms with Crippen LogP contribution in [-0.4, -0.2) is 46.8 Å². The summed E-state index contributed by atoms with van der Waals surface area (Å²) in [6.07, 6.45) is 0. The zero-order valence-corrected chi connectivity index (χ0v) is 12.7. The molecule has 1 aliphatic rings. The highest BCUT2D eigenvalue weighted by atomic mass is 32.2. The lowest BCUT2D eigenvalue weighted by atomic mass is 10.1. The molecule has 1 heterocycles. The number of benzene rings is 1. The summed E-state index contributed by atoms with van der Waals surface area (Å²) in [6, 6.07) is 5.48. The van der Waals surface area contributed by atoms with Gasteiger partial charge in [0.15, 0.2) is 0 Å². The average molecular weight is 299 g/mol. The quantitative estimate of drug-likeness (QED) is 0.815. The standard InChI is InChI=1S/C13H21N3O3S/c1-11-3-4-12(10-14-2)9-13(11)20(17,18)15-16-5-7-19-8-6-16/h3-4,9,14-15H,5-8,10H2,1-2H3. The van der Waals surface area contributed by atoms with Gasteiger partial charge >= 0.3 is 0 Å². The second-order valence-corrected chi connectivity index (χ2v) is 6.45. The molecule has 0 bridgehead atoms. The average Bonchev–Trinajstić information content (AvgIpc) is 2.42. The molecule has 1 aliphatic heterocycles. The van der Waals surface area contributed by atoms with Crippen LogP contribution in [0.25, 0.3) is 0 Å². The molecule has 0 amide bonds. The van der Waals surface area contributed by atoms with Gasteiger partial charge in [0.1, 0.15) is 0 Å². The Morgan fingerprint density at radius 3 is 2.65 bits per heavy atom. The zero-order chi connectivity index (χ0) is 14.6. The van der Waals surface area contributed by atoms with Crippen molar-refractivity contribution in [2.24, 2.45) is 0 Å². The molecule has 2 rings (SSSR count). The van der Waals surface area contributed by atoms with Gasteiger partial charge in [-0.3, -0.25) is 0 Å². The Kier molecular flexibility index (Phi) is 5.11. The van der Waals surface area contributed by atoms with Crippen LogP contribution in [0.3, 0.4) is 0 Å². The summed E-state index contributed by atoms with van der Waals surface area (Å²) in [5.74, 6) is 0. The monoisotopic (exact) mass is 299 g/mol. The van der Waals surface area contributed by atoms with Gasteiger partial charge in [-0.05, 0) is 31.2 Å². The van der Waals surface area contributed by atoms with Crippen LogP contribution >= 0.6 is 0 Å². The second kappa shape index (κ2) is 6.64. The van der Waals surface area contributed by atoms with Crippen LogP contribution in [0.5, 0.6) is 0 Å². The van der Waals surface area contributed by atoms with Gasteiger partial charge < -0.3 is 10.1 Å². The molecule has 1 aromatic carbocycles. The van der Waals surface area contributed by atoms with Crippen LogP contribution in [-0.2, 0) is 21.3 Å². The summed E-state index contributed by atoms with van der Waals surface area (Å²) in [6.45, 7) is 4.66. The molecule has 6 nitrogen and oxygen atoms in total. The third-order valence-electron chi connectivity index (χ3n) is 3.18. The highest BCUT2D eigenvalue weighted by molar-refractivity contribution is 7.89. The third-order valence-corrected chi connectivity index (χ3v) is 4.70. The minimum atomic E-state index is -3.54. The third kappa shape index (κ3) is 3.77. The predicted octanol–water partition coefficient (Wildman–Crippen LogP) is 0.240. The summed E-state index contributed by atoms with van der Waals surface area (Å²) in [7, 11) is -1.71. The van der Waals surface area contributed by atoms with Crippen LogP contribution in [0.1, 0.15) is 11.1 Å². The maximum absolute atomic E-state index is 12.5. The van der Waals surface area contributed by atoms with E-state index in [4.69, 9.17) is 4.74 Å². The maximum atomic E-state index is 12.5. The number of nitrogens with one attached hydrogen (secondary N) is 2. The van der Waals surface area contributed by atoms with Crippen molar-refractivity contribution in [3.63, 3.8) is 0 Å². The highest BCUT2D eigenvalue weighted by Crippen LogP contribution is 2.17. The Labute approximate surface area is 120 Å². The number of sulfonamides is 1. The molecule has 0 spiro atoms. The van der Waals surface area contributed by atoms with Crippen molar-refractivity contribution >= 4 is 10.0 Å². The fourth-order valence-electron chi connectivity index (χ4n) is 2.12. The Morgan fingerprint density at radius 2 is 2.00 bits per heavy atom. The van der Waals surface area contributed by atoms with Crippen LogP contribution in [0.15, 0.2) is 23.1 Å². The van der Waals surface area contributed by atoms with E-state index < -0.39 is 10.0 Å². The molecule has 20 heavy (non-hydrogen) atoms. The van der Waals surface area contributed by atoms with Crippen LogP contribution in [0.2, 0.25) is 0 Å². The van der Waals surface area contributed by atoms with Gasteiger partial charge in [-0.15, -0.1) is 4.83 Å². The smallest absolute Gasteiger partial charge is 0.253 e. The fraction of sp³-hybridized carbons (Fsp3) is 0.538. The predicted molar refractivity (Wildman–Crippen MR) is 76.7 cm³/mol. The van der Waals surface area contributed by atoms with Gasteiger partial charge in [-0.25, -0.2) is 13.4 Å². The first-order valence-electron chi connectivity index (χ1n) is 6.62. The molecule has 1 fully saturated rings. The first-order valence-corrected chi connectivity index (χ1v) is 8.10. The molecular weight excluding hydrogens is 278 g/mol. The van der Waals surface area contributed by atoms with E-state index in [2.05, 4.69) is 10.1 Å². The normalized spacial score (nSPS) is 17.3. The lowest BCUT2D eigenvalue weighted by Crippen LogP contribution is -2.48. The van der Waals surface area contributed by atoms with E-state index in [0.717, 1.165) is 11.1 Å². The molecule has 0 aromatic heterocycles. The summed E-state index contributed by atoms with van der Waals surface area (Å²) in [5.41, 5.74) is 1.69. The van der Waals surface area contributed by atoms with Crippen LogP contribution in [0.4, 0.5) is 0 Å². The molecule has 112 valence electrons. The van der Waals surface area contributed by atoms with Gasteiger partial charge in [0, 0.05) is 19.6 Å². The van der Waals surface area contributed by atoms with Crippen molar-refractivity contribution in [2.75, 3.05) is 33.4 Å². The molecule has 0 aliphatic carbocycles. The minimum Gasteiger partial charge on any atom is -0.379 e. The van der Waals surface area contributed by atoms with E-state index in [1.165, 1.54) is 0 Å². The largest absolute Gasteiger partial charge is 0.379 e. The number of hydrogen-bond donors (Lipinski definition) is 2. The zero-order valence-electron chi connectivity index (χ0n) is 11.8. The molecule has 0 atom stereocenters. The van der Waals surface area contributed by atoms with E-state index in [9.17, 15) is 8.42 Å². The lowest BCUT2D eigenvalue weighted by molar-refractivity contribution is 0.0272. The number of rotatable bonds is 5. The Bertz CT molecular complexity index is 554. The molecule has 7 heteroatoms. The molecule has 1 aromatic rings. The summed E-state index contributed by atoms with van der Waals surface area (Å²) >= 11 is 0. The molecule has 1 saturated heterocycles. The van der Waals surface area contributed by atoms with Gasteiger partial charge in [-0.1, -0.05) is 12.1 Å². The number of hydrogen-bond acceptors (Lipinski definition) is 5. The van der Waals surface area contributed by atoms with Crippen LogP contribution < -0.4 is 10.1 Å². The Balaban J connectivity index is 2.21. The van der Waals surface area contributed by atoms with Gasteiger partial charge in [-0.2, -0.15) is 0 Å². The van der Waals surface area contributed by atoms with Crippen molar-refractivity contribution in [1.29, 1.82) is 0 Å². The van der Waals surface area contributed by atoms with Gasteiger partial charge in [0.25, 0.3) is 10.0 Å². The van der Waals surface area contributed by atoms with Crippen molar-refractivity contribution in [3.8, 4) is 0 Å². The maximum Gasteiger partial charge on any atom is 0.253 e. The first-order chi connectivity index (χ1) is 9.53. The van der Waals surface area contributed by atoms with Gasteiger partial charge in [0.05, 0.1) is 18.1 Å². The van der Waals surface area contributed by atoms with E-state index in [1.807, 2.05) is 19.2 Å². The summed E-state index contributed by atoms with van der Waals surface area (Å²) < 4.78 is 30.1. The number of aryl methyl sites for hydroxylation is 1.